The van der Waals surface area contributed by atoms with Crippen molar-refractivity contribution < 1.29 is 9.53 Å². The minimum Gasteiger partial charge on any atom is -0.493 e. The molecule has 0 radical (unpaired) electrons. The summed E-state index contributed by atoms with van der Waals surface area (Å²) in [4.78, 5) is 23.8. The zero-order valence-electron chi connectivity index (χ0n) is 16.4. The molecule has 0 fully saturated rings. The molecule has 0 saturated heterocycles. The van der Waals surface area contributed by atoms with Gasteiger partial charge in [-0.05, 0) is 31.2 Å². The molecule has 3 aromatic rings. The van der Waals surface area contributed by atoms with E-state index in [0.717, 1.165) is 23.4 Å². The number of carbonyl (C=O) groups excluding carboxylic acids is 1. The summed E-state index contributed by atoms with van der Waals surface area (Å²) >= 11 is 0. The van der Waals surface area contributed by atoms with Gasteiger partial charge in [-0.2, -0.15) is 0 Å². The molecule has 4 rings (SSSR count). The maximum Gasteiger partial charge on any atom is 0.278 e. The van der Waals surface area contributed by atoms with Crippen molar-refractivity contribution >= 4 is 23.1 Å². The molecular formula is C22H23N5O2. The van der Waals surface area contributed by atoms with Crippen LogP contribution in [0, 0.1) is 0 Å². The zero-order valence-corrected chi connectivity index (χ0v) is 16.4. The number of anilines is 3. The van der Waals surface area contributed by atoms with Crippen molar-refractivity contribution in [1.29, 1.82) is 0 Å². The van der Waals surface area contributed by atoms with Crippen LogP contribution in [0.25, 0.3) is 11.3 Å². The lowest BCUT2D eigenvalue weighted by atomic mass is 10.1. The number of hydrogen-bond acceptors (Lipinski definition) is 6. The predicted octanol–water partition coefficient (Wildman–Crippen LogP) is 3.59. The Morgan fingerprint density at radius 3 is 2.90 bits per heavy atom. The number of amides is 1. The van der Waals surface area contributed by atoms with Crippen LogP contribution < -0.4 is 20.7 Å². The van der Waals surface area contributed by atoms with Gasteiger partial charge in [-0.3, -0.25) is 4.79 Å². The van der Waals surface area contributed by atoms with Gasteiger partial charge in [-0.15, -0.1) is 0 Å². The minimum atomic E-state index is -0.396. The molecule has 1 amide bonds. The van der Waals surface area contributed by atoms with E-state index in [1.165, 1.54) is 0 Å². The van der Waals surface area contributed by atoms with Gasteiger partial charge < -0.3 is 20.7 Å². The molecule has 1 aliphatic rings. The van der Waals surface area contributed by atoms with Gasteiger partial charge in [0.25, 0.3) is 5.91 Å². The molecule has 3 N–H and O–H groups in total. The van der Waals surface area contributed by atoms with E-state index in [2.05, 4.69) is 27.1 Å². The normalized spacial score (nSPS) is 16.7. The molecule has 2 heterocycles. The number of carbonyl (C=O) groups is 1. The van der Waals surface area contributed by atoms with Gasteiger partial charge >= 0.3 is 0 Å². The SMILES string of the molecule is CC1CCOc2cccc(c2)-c2cnc(N)c(n2)C(=O)Nc2ccccc2N1C. The average Bonchev–Trinajstić information content (AvgIpc) is 2.73. The van der Waals surface area contributed by atoms with Crippen molar-refractivity contribution in [1.82, 2.24) is 9.97 Å². The second-order valence-corrected chi connectivity index (χ2v) is 7.09. The van der Waals surface area contributed by atoms with Crippen molar-refractivity contribution in [3.8, 4) is 17.0 Å². The number of para-hydroxylation sites is 2. The zero-order chi connectivity index (χ0) is 20.4. The van der Waals surface area contributed by atoms with Crippen LogP contribution in [-0.2, 0) is 0 Å². The summed E-state index contributed by atoms with van der Waals surface area (Å²) in [6.45, 7) is 2.70. The molecule has 0 spiro atoms. The number of hydrogen-bond donors (Lipinski definition) is 2. The van der Waals surface area contributed by atoms with Gasteiger partial charge in [-0.25, -0.2) is 9.97 Å². The Labute approximate surface area is 169 Å². The fourth-order valence-corrected chi connectivity index (χ4v) is 3.30. The number of rotatable bonds is 0. The van der Waals surface area contributed by atoms with Gasteiger partial charge in [0.15, 0.2) is 11.5 Å². The number of nitrogens with two attached hydrogens (primary N) is 1. The maximum atomic E-state index is 13.0. The van der Waals surface area contributed by atoms with Gasteiger partial charge in [-0.1, -0.05) is 24.3 Å². The molecule has 7 nitrogen and oxygen atoms in total. The fourth-order valence-electron chi connectivity index (χ4n) is 3.30. The van der Waals surface area contributed by atoms with Crippen LogP contribution in [0.4, 0.5) is 17.2 Å². The Hall–Kier alpha value is -3.61. The Morgan fingerprint density at radius 2 is 2.03 bits per heavy atom. The Kier molecular flexibility index (Phi) is 5.03. The topological polar surface area (TPSA) is 93.4 Å². The van der Waals surface area contributed by atoms with Crippen LogP contribution in [0.5, 0.6) is 5.75 Å². The van der Waals surface area contributed by atoms with Gasteiger partial charge in [0, 0.05) is 25.1 Å². The van der Waals surface area contributed by atoms with E-state index in [1.54, 1.807) is 6.20 Å². The number of benzene rings is 2. The lowest BCUT2D eigenvalue weighted by Crippen LogP contribution is -2.31. The van der Waals surface area contributed by atoms with E-state index in [9.17, 15) is 4.79 Å². The number of fused-ring (bicyclic) bond motifs is 6. The number of nitrogens with zero attached hydrogens (tertiary/aromatic N) is 3. The summed E-state index contributed by atoms with van der Waals surface area (Å²) in [7, 11) is 2.00. The fraction of sp³-hybridized carbons (Fsp3) is 0.227. The number of nitrogen functional groups attached to an aromatic ring is 1. The third kappa shape index (κ3) is 3.85. The lowest BCUT2D eigenvalue weighted by Gasteiger charge is -2.29. The quantitative estimate of drug-likeness (QED) is 0.610. The molecule has 1 aromatic heterocycles. The standard InChI is InChI=1S/C22H23N5O2/c1-14-10-11-29-16-7-5-6-15(12-16)18-13-24-21(23)20(25-18)22(28)26-17-8-3-4-9-19(17)27(14)2/h3-9,12-14H,10-11H2,1-2H3,(H2,23,24)(H,26,28). The average molecular weight is 389 g/mol. The van der Waals surface area contributed by atoms with Crippen molar-refractivity contribution in [2.24, 2.45) is 0 Å². The third-order valence-corrected chi connectivity index (χ3v) is 5.14. The van der Waals surface area contributed by atoms with Crippen LogP contribution in [0.1, 0.15) is 23.8 Å². The molecule has 7 heteroatoms. The summed E-state index contributed by atoms with van der Waals surface area (Å²) in [5.74, 6) is 0.437. The summed E-state index contributed by atoms with van der Waals surface area (Å²) in [6, 6.07) is 15.5. The molecule has 148 valence electrons. The summed E-state index contributed by atoms with van der Waals surface area (Å²) in [5, 5.41) is 2.94. The number of nitrogens with one attached hydrogen (secondary N) is 1. The van der Waals surface area contributed by atoms with Crippen LogP contribution in [0.3, 0.4) is 0 Å². The summed E-state index contributed by atoms with van der Waals surface area (Å²) in [5.41, 5.74) is 9.02. The molecule has 4 bridgehead atoms. The highest BCUT2D eigenvalue weighted by atomic mass is 16.5. The summed E-state index contributed by atoms with van der Waals surface area (Å²) in [6.07, 6.45) is 2.39. The molecule has 1 aliphatic heterocycles. The second-order valence-electron chi connectivity index (χ2n) is 7.09. The van der Waals surface area contributed by atoms with E-state index >= 15 is 0 Å². The van der Waals surface area contributed by atoms with Crippen molar-refractivity contribution in [2.45, 2.75) is 19.4 Å². The van der Waals surface area contributed by atoms with Gasteiger partial charge in [0.05, 0.1) is 29.9 Å². The smallest absolute Gasteiger partial charge is 0.278 e. The van der Waals surface area contributed by atoms with Crippen LogP contribution >= 0.6 is 0 Å². The van der Waals surface area contributed by atoms with Crippen molar-refractivity contribution in [3.05, 3.63) is 60.4 Å². The van der Waals surface area contributed by atoms with E-state index in [-0.39, 0.29) is 17.6 Å². The highest BCUT2D eigenvalue weighted by molar-refractivity contribution is 6.07. The predicted molar refractivity (Wildman–Crippen MR) is 114 cm³/mol. The Morgan fingerprint density at radius 1 is 1.21 bits per heavy atom. The molecule has 29 heavy (non-hydrogen) atoms. The largest absolute Gasteiger partial charge is 0.493 e. The summed E-state index contributed by atoms with van der Waals surface area (Å²) < 4.78 is 5.96. The molecule has 1 atom stereocenters. The number of aromatic nitrogens is 2. The second kappa shape index (κ2) is 7.79. The van der Waals surface area contributed by atoms with Gasteiger partial charge in [0.2, 0.25) is 0 Å². The first kappa shape index (κ1) is 18.7. The van der Waals surface area contributed by atoms with E-state index in [4.69, 9.17) is 10.5 Å². The molecule has 2 aromatic carbocycles. The van der Waals surface area contributed by atoms with Crippen molar-refractivity contribution in [2.75, 3.05) is 29.6 Å². The van der Waals surface area contributed by atoms with Gasteiger partial charge in [0.1, 0.15) is 5.75 Å². The molecule has 1 unspecified atom stereocenters. The molecule has 0 aliphatic carbocycles. The highest BCUT2D eigenvalue weighted by Gasteiger charge is 2.19. The van der Waals surface area contributed by atoms with Crippen LogP contribution in [0.15, 0.2) is 54.7 Å². The number of ether oxygens (including phenoxy) is 1. The highest BCUT2D eigenvalue weighted by Crippen LogP contribution is 2.29. The Balaban J connectivity index is 1.81. The first-order chi connectivity index (χ1) is 14.0. The third-order valence-electron chi connectivity index (χ3n) is 5.14. The Bertz CT molecular complexity index is 1050. The molecule has 0 saturated carbocycles. The first-order valence-corrected chi connectivity index (χ1v) is 9.52. The van der Waals surface area contributed by atoms with E-state index in [1.807, 2.05) is 55.6 Å². The lowest BCUT2D eigenvalue weighted by molar-refractivity contribution is 0.102. The minimum absolute atomic E-state index is 0.0853. The monoisotopic (exact) mass is 389 g/mol. The first-order valence-electron chi connectivity index (χ1n) is 9.52. The van der Waals surface area contributed by atoms with Crippen LogP contribution in [-0.4, -0.2) is 35.6 Å². The maximum absolute atomic E-state index is 13.0. The molecular weight excluding hydrogens is 366 g/mol. The van der Waals surface area contributed by atoms with E-state index in [0.29, 0.717) is 18.0 Å². The van der Waals surface area contributed by atoms with Crippen LogP contribution in [0.2, 0.25) is 0 Å². The van der Waals surface area contributed by atoms with E-state index < -0.39 is 5.91 Å². The van der Waals surface area contributed by atoms with Crippen molar-refractivity contribution in [3.63, 3.8) is 0 Å².